The van der Waals surface area contributed by atoms with Crippen LogP contribution in [0.2, 0.25) is 0 Å². The van der Waals surface area contributed by atoms with Crippen molar-refractivity contribution in [2.24, 2.45) is 0 Å². The number of carbonyl (C=O) groups excluding carboxylic acids is 4. The summed E-state index contributed by atoms with van der Waals surface area (Å²) < 4.78 is 0. The van der Waals surface area contributed by atoms with Crippen molar-refractivity contribution >= 4 is 23.9 Å². The molecule has 94 valence electrons. The average molecular weight is 407 g/mol. The molecule has 0 unspecified atom stereocenters. The van der Waals surface area contributed by atoms with E-state index in [0.717, 1.165) is 0 Å². The molecule has 0 radical (unpaired) electrons. The van der Waals surface area contributed by atoms with Crippen LogP contribution in [0.4, 0.5) is 0 Å². The third-order valence-electron chi connectivity index (χ3n) is 2.04. The van der Waals surface area contributed by atoms with Gasteiger partial charge in [-0.2, -0.15) is 0 Å². The van der Waals surface area contributed by atoms with Crippen molar-refractivity contribution in [2.75, 3.05) is 0 Å². The van der Waals surface area contributed by atoms with Crippen molar-refractivity contribution < 1.29 is 245 Å². The number of carboxylic acid groups (broad SMARTS) is 4. The maximum Gasteiger partial charge on any atom is 1.00 e. The van der Waals surface area contributed by atoms with Gasteiger partial charge in [0.05, 0.1) is 23.9 Å². The number of benzene rings is 1. The summed E-state index contributed by atoms with van der Waals surface area (Å²) in [6.45, 7) is 0. The van der Waals surface area contributed by atoms with E-state index in [2.05, 4.69) is 0 Å². The predicted molar refractivity (Wildman–Crippen MR) is 43.8 cm³/mol. The topological polar surface area (TPSA) is 161 Å². The molecule has 0 amide bonds. The molecule has 22 heavy (non-hydrogen) atoms. The number of hydrogen-bond donors (Lipinski definition) is 0. The van der Waals surface area contributed by atoms with Crippen LogP contribution in [0.25, 0.3) is 0 Å². The maximum absolute atomic E-state index is 10.6. The zero-order chi connectivity index (χ0) is 14.0. The Bertz CT molecular complexity index is 488. The van der Waals surface area contributed by atoms with E-state index in [0.29, 0.717) is 12.1 Å². The van der Waals surface area contributed by atoms with Gasteiger partial charge in [-0.25, -0.2) is 0 Å². The molecule has 0 aromatic heterocycles. The minimum Gasteiger partial charge on any atom is -0.545 e. The molecule has 1 rings (SSSR count). The van der Waals surface area contributed by atoms with Gasteiger partial charge in [0.2, 0.25) is 0 Å². The van der Waals surface area contributed by atoms with E-state index in [1.165, 1.54) is 0 Å². The second-order valence-corrected chi connectivity index (χ2v) is 3.09. The molecule has 0 aliphatic rings. The van der Waals surface area contributed by atoms with E-state index in [-0.39, 0.29) is 206 Å². The van der Waals surface area contributed by atoms with E-state index in [1.807, 2.05) is 0 Å². The monoisotopic (exact) mass is 406 g/mol. The number of aromatic carboxylic acids is 4. The number of carboxylic acids is 4. The van der Waals surface area contributed by atoms with Gasteiger partial charge in [-0.15, -0.1) is 0 Å². The molecule has 1 aromatic carbocycles. The molecule has 0 N–H and O–H groups in total. The fraction of sp³-hybridized carbons (Fsp3) is 0. The molecule has 8 nitrogen and oxygen atoms in total. The van der Waals surface area contributed by atoms with Gasteiger partial charge in [0.1, 0.15) is 0 Å². The third-order valence-corrected chi connectivity index (χ3v) is 2.04. The Labute approximate surface area is 294 Å². The molecule has 1 aromatic rings. The second kappa shape index (κ2) is 15.7. The Morgan fingerprint density at radius 1 is 0.500 bits per heavy atom. The first-order chi connectivity index (χ1) is 8.25. The van der Waals surface area contributed by atoms with Gasteiger partial charge >= 0.3 is 206 Å². The fourth-order valence-electron chi connectivity index (χ4n) is 1.28. The van der Waals surface area contributed by atoms with Crippen molar-refractivity contribution in [3.05, 3.63) is 34.4 Å². The van der Waals surface area contributed by atoms with Gasteiger partial charge in [0.15, 0.2) is 0 Å². The zero-order valence-corrected chi connectivity index (χ0v) is 24.9. The summed E-state index contributed by atoms with van der Waals surface area (Å²) in [5.74, 6) is -7.99. The first kappa shape index (κ1) is 33.2. The molecule has 0 heterocycles. The van der Waals surface area contributed by atoms with Crippen LogP contribution in [0.1, 0.15) is 41.4 Å². The van der Waals surface area contributed by atoms with Crippen LogP contribution < -0.4 is 226 Å². The summed E-state index contributed by atoms with van der Waals surface area (Å²) >= 11 is 0. The minimum absolute atomic E-state index is 0. The van der Waals surface area contributed by atoms with Crippen LogP contribution in [0.15, 0.2) is 12.1 Å². The summed E-state index contributed by atoms with van der Waals surface area (Å²) in [5, 5.41) is 42.4. The van der Waals surface area contributed by atoms with E-state index in [1.54, 1.807) is 0 Å². The third kappa shape index (κ3) is 9.54. The molecule has 0 aliphatic carbocycles. The number of rotatable bonds is 4. The maximum atomic E-state index is 10.6. The van der Waals surface area contributed by atoms with Crippen LogP contribution in [-0.2, 0) is 0 Å². The summed E-state index contributed by atoms with van der Waals surface area (Å²) in [7, 11) is 0. The molecule has 0 saturated carbocycles. The Kier molecular flexibility index (Phi) is 23.7. The van der Waals surface area contributed by atoms with Crippen LogP contribution in [0, 0.1) is 0 Å². The Morgan fingerprint density at radius 3 is 0.727 bits per heavy atom. The van der Waals surface area contributed by atoms with E-state index >= 15 is 0 Å². The fourth-order valence-corrected chi connectivity index (χ4v) is 1.28. The first-order valence-electron chi connectivity index (χ1n) is 4.29. The Hall–Kier alpha value is 3.65. The van der Waals surface area contributed by atoms with Gasteiger partial charge < -0.3 is 39.6 Å². The minimum atomic E-state index is -2.00. The van der Waals surface area contributed by atoms with E-state index < -0.39 is 46.1 Å². The quantitative estimate of drug-likeness (QED) is 0.445. The Morgan fingerprint density at radius 2 is 0.636 bits per heavy atom. The van der Waals surface area contributed by atoms with Gasteiger partial charge in [0, 0.05) is 22.3 Å². The Balaban J connectivity index is -0.000000405. The van der Waals surface area contributed by atoms with Crippen LogP contribution in [0.3, 0.4) is 0 Å². The summed E-state index contributed by atoms with van der Waals surface area (Å²) in [6.07, 6.45) is 0. The summed E-state index contributed by atoms with van der Waals surface area (Å²) in [6, 6.07) is 0.613. The molecule has 0 atom stereocenters. The zero-order valence-electron chi connectivity index (χ0n) is 12.4. The molecule has 0 spiro atoms. The molecule has 0 aliphatic heterocycles. The summed E-state index contributed by atoms with van der Waals surface area (Å²) in [5.41, 5.74) is -4.11. The average Bonchev–Trinajstić information content (AvgIpc) is 2.26. The van der Waals surface area contributed by atoms with Crippen molar-refractivity contribution in [3.63, 3.8) is 0 Å². The molecule has 0 fully saturated rings. The van der Waals surface area contributed by atoms with Crippen molar-refractivity contribution in [1.82, 2.24) is 0 Å². The smallest absolute Gasteiger partial charge is 0.545 e. The molecular weight excluding hydrogens is 404 g/mol. The predicted octanol–water partition coefficient (Wildman–Crippen LogP) is -16.8. The van der Waals surface area contributed by atoms with Crippen molar-refractivity contribution in [3.8, 4) is 0 Å². The van der Waals surface area contributed by atoms with Crippen LogP contribution in [-0.4, -0.2) is 23.9 Å². The van der Waals surface area contributed by atoms with Gasteiger partial charge in [-0.05, 0) is 12.1 Å². The molecule has 12 heteroatoms. The van der Waals surface area contributed by atoms with Crippen LogP contribution >= 0.6 is 0 Å². The molecule has 0 bridgehead atoms. The SMILES string of the molecule is O=C([O-])c1cc(C(=O)[O-])c(C(=O)[O-])cc1C(=O)[O-].[K+].[K+].[K+].[K+]. The van der Waals surface area contributed by atoms with E-state index in [9.17, 15) is 39.6 Å². The van der Waals surface area contributed by atoms with Gasteiger partial charge in [-0.3, -0.25) is 0 Å². The first-order valence-corrected chi connectivity index (χ1v) is 4.29. The molecule has 0 saturated heterocycles. The van der Waals surface area contributed by atoms with Crippen molar-refractivity contribution in [2.45, 2.75) is 0 Å². The second-order valence-electron chi connectivity index (χ2n) is 3.09. The standard InChI is InChI=1S/C10H6O8.4K/c11-7(12)3-1-4(8(13)14)6(10(17)18)2-5(3)9(15)16;;;;/h1-2H,(H,11,12)(H,13,14)(H,15,16)(H,17,18);;;;/q;4*+1/p-4. The summed E-state index contributed by atoms with van der Waals surface area (Å²) in [4.78, 5) is 42.4. The van der Waals surface area contributed by atoms with Crippen molar-refractivity contribution in [1.29, 1.82) is 0 Å². The normalized spacial score (nSPS) is 8.00. The van der Waals surface area contributed by atoms with E-state index in [4.69, 9.17) is 0 Å². The molecular formula is C10H2K4O8. The number of carbonyl (C=O) groups is 4. The largest absolute Gasteiger partial charge is 1.00 e. The van der Waals surface area contributed by atoms with Gasteiger partial charge in [0.25, 0.3) is 0 Å². The number of hydrogen-bond acceptors (Lipinski definition) is 8. The van der Waals surface area contributed by atoms with Gasteiger partial charge in [-0.1, -0.05) is 0 Å². The van der Waals surface area contributed by atoms with Crippen LogP contribution in [0.5, 0.6) is 0 Å².